The summed E-state index contributed by atoms with van der Waals surface area (Å²) < 4.78 is 5.12. The summed E-state index contributed by atoms with van der Waals surface area (Å²) in [5.41, 5.74) is 9.36. The van der Waals surface area contributed by atoms with Gasteiger partial charge in [-0.15, -0.1) is 11.3 Å². The predicted octanol–water partition coefficient (Wildman–Crippen LogP) is 14.6. The minimum atomic E-state index is 1.11. The highest BCUT2D eigenvalue weighted by molar-refractivity contribution is 7.25. The average molecular weight is 693 g/mol. The summed E-state index contributed by atoms with van der Waals surface area (Å²) >= 11 is 1.86. The topological polar surface area (TPSA) is 8.17 Å². The molecule has 2 aromatic heterocycles. The molecule has 0 atom stereocenters. The monoisotopic (exact) mass is 692 g/mol. The Labute approximate surface area is 311 Å². The number of benzene rings is 9. The first-order valence-electron chi connectivity index (χ1n) is 18.1. The number of anilines is 3. The van der Waals surface area contributed by atoms with Gasteiger partial charge in [0.05, 0.1) is 11.0 Å². The van der Waals surface area contributed by atoms with Gasteiger partial charge in [0.25, 0.3) is 0 Å². The molecule has 0 aliphatic heterocycles. The van der Waals surface area contributed by atoms with Gasteiger partial charge in [-0.2, -0.15) is 0 Å². The van der Waals surface area contributed by atoms with Gasteiger partial charge in [0, 0.05) is 59.1 Å². The van der Waals surface area contributed by atoms with Crippen molar-refractivity contribution in [2.24, 2.45) is 0 Å². The van der Waals surface area contributed by atoms with Gasteiger partial charge < -0.3 is 9.47 Å². The lowest BCUT2D eigenvalue weighted by Gasteiger charge is -2.26. The Morgan fingerprint density at radius 2 is 1.06 bits per heavy atom. The Morgan fingerprint density at radius 3 is 1.91 bits per heavy atom. The minimum absolute atomic E-state index is 1.11. The van der Waals surface area contributed by atoms with Crippen LogP contribution in [0.4, 0.5) is 17.1 Å². The molecule has 9 aromatic carbocycles. The fourth-order valence-electron chi connectivity index (χ4n) is 8.32. The van der Waals surface area contributed by atoms with Crippen LogP contribution in [0.15, 0.2) is 194 Å². The molecule has 0 unspecified atom stereocenters. The van der Waals surface area contributed by atoms with E-state index in [-0.39, 0.29) is 0 Å². The molecule has 248 valence electrons. The number of thiophene rings is 1. The van der Waals surface area contributed by atoms with Gasteiger partial charge in [-0.05, 0) is 94.0 Å². The molecule has 0 saturated carbocycles. The Hall–Kier alpha value is -6.68. The predicted molar refractivity (Wildman–Crippen MR) is 229 cm³/mol. The van der Waals surface area contributed by atoms with Crippen molar-refractivity contribution in [3.63, 3.8) is 0 Å². The molecule has 3 heteroatoms. The third-order valence-electron chi connectivity index (χ3n) is 10.7. The highest BCUT2D eigenvalue weighted by Gasteiger charge is 2.22. The third-order valence-corrected chi connectivity index (χ3v) is 11.9. The van der Waals surface area contributed by atoms with E-state index in [9.17, 15) is 0 Å². The van der Waals surface area contributed by atoms with Crippen LogP contribution in [0.5, 0.6) is 0 Å². The highest BCUT2D eigenvalue weighted by atomic mass is 32.1. The third kappa shape index (κ3) is 4.78. The standard InChI is InChI=1S/C50H32N2S/c1-3-14-34(15-4-1)44-30-36-17-9-10-20-41(36)50-49(44)43-27-25-40(32-46(43)52(50)38-24-23-33-13-7-8-16-35(33)29-38)51(37-18-5-2-6-19-37)39-26-28-48-45(31-39)42-21-11-12-22-47(42)53-48/h1-32H. The van der Waals surface area contributed by atoms with Crippen LogP contribution in [-0.2, 0) is 0 Å². The van der Waals surface area contributed by atoms with E-state index in [1.165, 1.54) is 74.6 Å². The Balaban J connectivity index is 1.25. The van der Waals surface area contributed by atoms with Gasteiger partial charge in [0.15, 0.2) is 0 Å². The molecule has 0 radical (unpaired) electrons. The van der Waals surface area contributed by atoms with E-state index in [4.69, 9.17) is 0 Å². The van der Waals surface area contributed by atoms with Crippen LogP contribution >= 0.6 is 11.3 Å². The second kappa shape index (κ2) is 11.9. The first kappa shape index (κ1) is 30.0. The van der Waals surface area contributed by atoms with Crippen molar-refractivity contribution < 1.29 is 0 Å². The number of hydrogen-bond acceptors (Lipinski definition) is 2. The van der Waals surface area contributed by atoms with E-state index < -0.39 is 0 Å². The summed E-state index contributed by atoms with van der Waals surface area (Å²) in [6.45, 7) is 0. The lowest BCUT2D eigenvalue weighted by molar-refractivity contribution is 1.19. The first-order chi connectivity index (χ1) is 26.3. The lowest BCUT2D eigenvalue weighted by Crippen LogP contribution is -2.10. The van der Waals surface area contributed by atoms with Gasteiger partial charge in [0.1, 0.15) is 0 Å². The van der Waals surface area contributed by atoms with E-state index in [0.29, 0.717) is 0 Å². The fraction of sp³-hybridized carbons (Fsp3) is 0. The van der Waals surface area contributed by atoms with E-state index in [0.717, 1.165) is 22.7 Å². The van der Waals surface area contributed by atoms with Crippen molar-refractivity contribution in [3.05, 3.63) is 194 Å². The molecule has 0 saturated heterocycles. The summed E-state index contributed by atoms with van der Waals surface area (Å²) in [6.07, 6.45) is 0. The largest absolute Gasteiger partial charge is 0.310 e. The van der Waals surface area contributed by atoms with Crippen LogP contribution in [0.1, 0.15) is 0 Å². The smallest absolute Gasteiger partial charge is 0.0625 e. The maximum absolute atomic E-state index is 2.51. The molecule has 11 rings (SSSR count). The van der Waals surface area contributed by atoms with Crippen molar-refractivity contribution >= 4 is 91.9 Å². The average Bonchev–Trinajstić information content (AvgIpc) is 3.77. The van der Waals surface area contributed by atoms with Crippen LogP contribution in [0, 0.1) is 0 Å². The molecule has 2 heterocycles. The first-order valence-corrected chi connectivity index (χ1v) is 18.9. The number of aromatic nitrogens is 1. The summed E-state index contributed by atoms with van der Waals surface area (Å²) in [5.74, 6) is 0. The normalized spacial score (nSPS) is 11.8. The van der Waals surface area contributed by atoms with E-state index in [1.54, 1.807) is 0 Å². The molecular formula is C50H32N2S. The van der Waals surface area contributed by atoms with Crippen molar-refractivity contribution in [1.29, 1.82) is 0 Å². The Bertz CT molecular complexity index is 3170. The van der Waals surface area contributed by atoms with E-state index in [2.05, 4.69) is 204 Å². The van der Waals surface area contributed by atoms with Gasteiger partial charge in [-0.25, -0.2) is 0 Å². The highest BCUT2D eigenvalue weighted by Crippen LogP contribution is 2.46. The molecule has 0 N–H and O–H groups in total. The van der Waals surface area contributed by atoms with Crippen LogP contribution in [0.2, 0.25) is 0 Å². The number of fused-ring (bicyclic) bond motifs is 9. The summed E-state index contributed by atoms with van der Waals surface area (Å²) in [6, 6.07) is 71.1. The van der Waals surface area contributed by atoms with Gasteiger partial charge in [-0.1, -0.05) is 127 Å². The van der Waals surface area contributed by atoms with Gasteiger partial charge >= 0.3 is 0 Å². The van der Waals surface area contributed by atoms with Crippen molar-refractivity contribution in [3.8, 4) is 16.8 Å². The molecule has 2 nitrogen and oxygen atoms in total. The SMILES string of the molecule is c1ccc(-c2cc3ccccc3c3c2c2ccc(N(c4ccccc4)c4ccc5sc6ccccc6c5c4)cc2n3-c2ccc3ccccc3c2)cc1. The lowest BCUT2D eigenvalue weighted by atomic mass is 9.95. The van der Waals surface area contributed by atoms with Crippen LogP contribution in [-0.4, -0.2) is 4.57 Å². The second-order valence-electron chi connectivity index (χ2n) is 13.8. The molecule has 11 aromatic rings. The zero-order valence-corrected chi connectivity index (χ0v) is 29.6. The Kier molecular flexibility index (Phi) is 6.76. The molecular weight excluding hydrogens is 661 g/mol. The second-order valence-corrected chi connectivity index (χ2v) is 14.8. The number of nitrogens with zero attached hydrogens (tertiary/aromatic N) is 2. The number of hydrogen-bond donors (Lipinski definition) is 0. The molecule has 0 aliphatic carbocycles. The van der Waals surface area contributed by atoms with Crippen LogP contribution in [0.25, 0.3) is 80.3 Å². The van der Waals surface area contributed by atoms with Gasteiger partial charge in [0.2, 0.25) is 0 Å². The molecule has 0 amide bonds. The van der Waals surface area contributed by atoms with Crippen LogP contribution in [0.3, 0.4) is 0 Å². The Morgan fingerprint density at radius 1 is 0.396 bits per heavy atom. The van der Waals surface area contributed by atoms with E-state index in [1.807, 2.05) is 11.3 Å². The molecule has 53 heavy (non-hydrogen) atoms. The zero-order valence-electron chi connectivity index (χ0n) is 28.8. The summed E-state index contributed by atoms with van der Waals surface area (Å²) in [5, 5.41) is 10.0. The zero-order chi connectivity index (χ0) is 34.9. The van der Waals surface area contributed by atoms with Gasteiger partial charge in [-0.3, -0.25) is 0 Å². The van der Waals surface area contributed by atoms with Crippen LogP contribution < -0.4 is 4.90 Å². The maximum atomic E-state index is 2.51. The fourth-order valence-corrected chi connectivity index (χ4v) is 9.40. The number of rotatable bonds is 5. The van der Waals surface area contributed by atoms with Crippen molar-refractivity contribution in [2.45, 2.75) is 0 Å². The number of para-hydroxylation sites is 1. The quantitative estimate of drug-likeness (QED) is 0.174. The van der Waals surface area contributed by atoms with Crippen molar-refractivity contribution in [2.75, 3.05) is 4.90 Å². The molecule has 0 bridgehead atoms. The molecule has 0 spiro atoms. The van der Waals surface area contributed by atoms with E-state index >= 15 is 0 Å². The van der Waals surface area contributed by atoms with Crippen molar-refractivity contribution in [1.82, 2.24) is 4.57 Å². The summed E-state index contributed by atoms with van der Waals surface area (Å²) in [4.78, 5) is 2.41. The summed E-state index contributed by atoms with van der Waals surface area (Å²) in [7, 11) is 0. The molecule has 0 aliphatic rings. The maximum Gasteiger partial charge on any atom is 0.0625 e. The minimum Gasteiger partial charge on any atom is -0.310 e. The molecule has 0 fully saturated rings.